The summed E-state index contributed by atoms with van der Waals surface area (Å²) in [5.74, 6) is 0. The Kier molecular flexibility index (Phi) is 4.72. The molecule has 2 rings (SSSR count). The maximum Gasteiger partial charge on any atom is 0.238 e. The number of nitrogens with two attached hydrogens (primary N) is 1. The highest BCUT2D eigenvalue weighted by Gasteiger charge is 2.07. The zero-order chi connectivity index (χ0) is 15.3. The van der Waals surface area contributed by atoms with Gasteiger partial charge in [0.2, 0.25) is 10.0 Å². The van der Waals surface area contributed by atoms with Gasteiger partial charge in [-0.05, 0) is 30.2 Å². The molecule has 0 atom stereocenters. The summed E-state index contributed by atoms with van der Waals surface area (Å²) in [6.45, 7) is 2.17. The van der Waals surface area contributed by atoms with Crippen molar-refractivity contribution in [2.45, 2.75) is 18.4 Å². The summed E-state index contributed by atoms with van der Waals surface area (Å²) in [4.78, 5) is 5.35. The zero-order valence-electron chi connectivity index (χ0n) is 11.6. The second-order valence-electron chi connectivity index (χ2n) is 4.51. The van der Waals surface area contributed by atoms with Gasteiger partial charge in [-0.2, -0.15) is 0 Å². The van der Waals surface area contributed by atoms with Crippen molar-refractivity contribution in [1.29, 1.82) is 0 Å². The molecule has 0 spiro atoms. The average molecular weight is 304 g/mol. The fraction of sp³-hybridized carbons (Fsp3) is 0.133. The SMILES string of the molecule is CC(=NOCc1ccccc1)c1ccc(S(N)(=O)=O)cc1. The molecular weight excluding hydrogens is 288 g/mol. The molecule has 0 saturated carbocycles. The van der Waals surface area contributed by atoms with Crippen molar-refractivity contribution in [1.82, 2.24) is 0 Å². The van der Waals surface area contributed by atoms with Gasteiger partial charge in [0.05, 0.1) is 10.6 Å². The molecule has 0 saturated heterocycles. The fourth-order valence-corrected chi connectivity index (χ4v) is 2.23. The predicted molar refractivity (Wildman–Crippen MR) is 81.3 cm³/mol. The van der Waals surface area contributed by atoms with E-state index in [1.165, 1.54) is 12.1 Å². The summed E-state index contributed by atoms with van der Waals surface area (Å²) in [6, 6.07) is 15.9. The van der Waals surface area contributed by atoms with E-state index in [-0.39, 0.29) is 4.90 Å². The molecule has 0 aromatic heterocycles. The molecular formula is C15H16N2O3S. The minimum absolute atomic E-state index is 0.0734. The molecule has 2 aromatic rings. The van der Waals surface area contributed by atoms with Gasteiger partial charge in [-0.25, -0.2) is 13.6 Å². The van der Waals surface area contributed by atoms with Crippen LogP contribution in [0.15, 0.2) is 64.6 Å². The first kappa shape index (κ1) is 15.2. The lowest BCUT2D eigenvalue weighted by Crippen LogP contribution is -2.12. The third kappa shape index (κ3) is 4.40. The molecule has 0 bridgehead atoms. The standard InChI is InChI=1S/C15H16N2O3S/c1-12(17-20-11-13-5-3-2-4-6-13)14-7-9-15(10-8-14)21(16,18)19/h2-10H,11H2,1H3,(H2,16,18,19). The van der Waals surface area contributed by atoms with Crippen molar-refractivity contribution in [3.63, 3.8) is 0 Å². The van der Waals surface area contributed by atoms with E-state index in [2.05, 4.69) is 5.16 Å². The Morgan fingerprint density at radius 1 is 1.10 bits per heavy atom. The van der Waals surface area contributed by atoms with Crippen molar-refractivity contribution in [2.75, 3.05) is 0 Å². The Balaban J connectivity index is 2.02. The molecule has 6 heteroatoms. The summed E-state index contributed by atoms with van der Waals surface area (Å²) in [6.07, 6.45) is 0. The molecule has 0 amide bonds. The first-order chi connectivity index (χ1) is 9.97. The highest BCUT2D eigenvalue weighted by molar-refractivity contribution is 7.89. The Morgan fingerprint density at radius 3 is 2.29 bits per heavy atom. The van der Waals surface area contributed by atoms with Gasteiger partial charge in [0, 0.05) is 0 Å². The van der Waals surface area contributed by atoms with Crippen LogP contribution >= 0.6 is 0 Å². The fourth-order valence-electron chi connectivity index (χ4n) is 1.72. The van der Waals surface area contributed by atoms with Crippen molar-refractivity contribution >= 4 is 15.7 Å². The second kappa shape index (κ2) is 6.51. The Labute approximate surface area is 124 Å². The molecule has 2 aromatic carbocycles. The third-order valence-corrected chi connectivity index (χ3v) is 3.81. The van der Waals surface area contributed by atoms with Crippen molar-refractivity contribution in [2.24, 2.45) is 10.3 Å². The lowest BCUT2D eigenvalue weighted by Gasteiger charge is -2.04. The molecule has 0 unspecified atom stereocenters. The Morgan fingerprint density at radius 2 is 1.71 bits per heavy atom. The number of rotatable bonds is 5. The second-order valence-corrected chi connectivity index (χ2v) is 6.07. The number of benzene rings is 2. The Bertz CT molecular complexity index is 723. The van der Waals surface area contributed by atoms with Crippen molar-refractivity contribution < 1.29 is 13.3 Å². The first-order valence-corrected chi connectivity index (χ1v) is 7.85. The molecule has 5 nitrogen and oxygen atoms in total. The summed E-state index contributed by atoms with van der Waals surface area (Å²) < 4.78 is 22.3. The molecule has 0 aliphatic carbocycles. The monoisotopic (exact) mass is 304 g/mol. The summed E-state index contributed by atoms with van der Waals surface area (Å²) >= 11 is 0. The number of hydrogen-bond acceptors (Lipinski definition) is 4. The summed E-state index contributed by atoms with van der Waals surface area (Å²) in [5, 5.41) is 9.06. The van der Waals surface area contributed by atoms with Gasteiger partial charge in [-0.15, -0.1) is 0 Å². The van der Waals surface area contributed by atoms with Crippen LogP contribution < -0.4 is 5.14 Å². The van der Waals surface area contributed by atoms with Gasteiger partial charge >= 0.3 is 0 Å². The van der Waals surface area contributed by atoms with E-state index in [0.717, 1.165) is 11.1 Å². The first-order valence-electron chi connectivity index (χ1n) is 6.30. The minimum atomic E-state index is -3.67. The number of nitrogens with zero attached hydrogens (tertiary/aromatic N) is 1. The highest BCUT2D eigenvalue weighted by Crippen LogP contribution is 2.10. The van der Waals surface area contributed by atoms with Gasteiger partial charge in [0.1, 0.15) is 6.61 Å². The van der Waals surface area contributed by atoms with E-state index in [1.54, 1.807) is 19.1 Å². The van der Waals surface area contributed by atoms with E-state index in [0.29, 0.717) is 12.3 Å². The average Bonchev–Trinajstić information content (AvgIpc) is 2.47. The minimum Gasteiger partial charge on any atom is -0.391 e. The van der Waals surface area contributed by atoms with Crippen LogP contribution in [0, 0.1) is 0 Å². The largest absolute Gasteiger partial charge is 0.391 e. The van der Waals surface area contributed by atoms with Gasteiger partial charge in [0.15, 0.2) is 0 Å². The lowest BCUT2D eigenvalue weighted by molar-refractivity contribution is 0.130. The van der Waals surface area contributed by atoms with Gasteiger partial charge in [0.25, 0.3) is 0 Å². The predicted octanol–water partition coefficient (Wildman–Crippen LogP) is 2.27. The quantitative estimate of drug-likeness (QED) is 0.679. The normalized spacial score (nSPS) is 12.2. The summed E-state index contributed by atoms with van der Waals surface area (Å²) in [7, 11) is -3.67. The van der Waals surface area contributed by atoms with Crippen LogP contribution in [-0.2, 0) is 21.5 Å². The van der Waals surface area contributed by atoms with E-state index in [4.69, 9.17) is 9.98 Å². The highest BCUT2D eigenvalue weighted by atomic mass is 32.2. The third-order valence-electron chi connectivity index (χ3n) is 2.88. The van der Waals surface area contributed by atoms with Crippen molar-refractivity contribution in [3.8, 4) is 0 Å². The zero-order valence-corrected chi connectivity index (χ0v) is 12.4. The van der Waals surface area contributed by atoms with Gasteiger partial charge in [-0.1, -0.05) is 47.6 Å². The molecule has 0 heterocycles. The molecule has 0 fully saturated rings. The van der Waals surface area contributed by atoms with E-state index < -0.39 is 10.0 Å². The molecule has 0 aliphatic rings. The number of hydrogen-bond donors (Lipinski definition) is 1. The van der Waals surface area contributed by atoms with Crippen molar-refractivity contribution in [3.05, 3.63) is 65.7 Å². The lowest BCUT2D eigenvalue weighted by atomic mass is 10.1. The topological polar surface area (TPSA) is 81.8 Å². The van der Waals surface area contributed by atoms with Crippen LogP contribution in [0.25, 0.3) is 0 Å². The van der Waals surface area contributed by atoms with Gasteiger partial charge < -0.3 is 4.84 Å². The number of primary sulfonamides is 1. The molecule has 0 aliphatic heterocycles. The molecule has 2 N–H and O–H groups in total. The molecule has 21 heavy (non-hydrogen) atoms. The smallest absolute Gasteiger partial charge is 0.238 e. The Hall–Kier alpha value is -2.18. The molecule has 0 radical (unpaired) electrons. The van der Waals surface area contributed by atoms with E-state index >= 15 is 0 Å². The molecule has 110 valence electrons. The van der Waals surface area contributed by atoms with Crippen LogP contribution in [0.4, 0.5) is 0 Å². The number of sulfonamides is 1. The van der Waals surface area contributed by atoms with Gasteiger partial charge in [-0.3, -0.25) is 0 Å². The maximum atomic E-state index is 11.2. The van der Waals surface area contributed by atoms with Crippen LogP contribution in [0.5, 0.6) is 0 Å². The van der Waals surface area contributed by atoms with E-state index in [1.807, 2.05) is 30.3 Å². The van der Waals surface area contributed by atoms with Crippen LogP contribution in [0.1, 0.15) is 18.1 Å². The van der Waals surface area contributed by atoms with Crippen LogP contribution in [0.3, 0.4) is 0 Å². The van der Waals surface area contributed by atoms with E-state index in [9.17, 15) is 8.42 Å². The van der Waals surface area contributed by atoms with Crippen LogP contribution in [-0.4, -0.2) is 14.1 Å². The summed E-state index contributed by atoms with van der Waals surface area (Å²) in [5.41, 5.74) is 2.46. The number of oxime groups is 1. The maximum absolute atomic E-state index is 11.2. The van der Waals surface area contributed by atoms with Crippen LogP contribution in [0.2, 0.25) is 0 Å².